The molecule has 10 heteroatoms. The molecule has 3 aromatic rings. The van der Waals surface area contributed by atoms with E-state index in [9.17, 15) is 4.79 Å². The van der Waals surface area contributed by atoms with Gasteiger partial charge in [-0.2, -0.15) is 10.2 Å². The molecule has 0 aliphatic carbocycles. The molecule has 3 rings (SSSR count). The van der Waals surface area contributed by atoms with Gasteiger partial charge in [-0.25, -0.2) is 0 Å². The van der Waals surface area contributed by atoms with Crippen LogP contribution in [0.5, 0.6) is 0 Å². The number of amides is 1. The number of carbonyl (C=O) groups is 1. The molecule has 3 aromatic heterocycles. The van der Waals surface area contributed by atoms with Crippen molar-refractivity contribution < 1.29 is 9.32 Å². The number of nitrogens with zero attached hydrogens (tertiary/aromatic N) is 5. The molecule has 0 atom stereocenters. The van der Waals surface area contributed by atoms with Crippen molar-refractivity contribution in [1.82, 2.24) is 30.0 Å². The second-order valence-corrected chi connectivity index (χ2v) is 8.20. The molecule has 156 valence electrons. The van der Waals surface area contributed by atoms with Crippen molar-refractivity contribution in [2.24, 2.45) is 0 Å². The zero-order chi connectivity index (χ0) is 21.3. The van der Waals surface area contributed by atoms with Crippen LogP contribution in [0.3, 0.4) is 0 Å². The van der Waals surface area contributed by atoms with Crippen LogP contribution < -0.4 is 5.32 Å². The Morgan fingerprint density at radius 3 is 2.38 bits per heavy atom. The van der Waals surface area contributed by atoms with Crippen molar-refractivity contribution in [3.63, 3.8) is 0 Å². The van der Waals surface area contributed by atoms with E-state index in [2.05, 4.69) is 36.6 Å². The van der Waals surface area contributed by atoms with Crippen LogP contribution in [0.25, 0.3) is 0 Å². The van der Waals surface area contributed by atoms with Crippen LogP contribution in [-0.2, 0) is 13.1 Å². The summed E-state index contributed by atoms with van der Waals surface area (Å²) in [6, 6.07) is 0. The Morgan fingerprint density at radius 1 is 1.10 bits per heavy atom. The maximum atomic E-state index is 12.6. The standard InChI is InChI=1S/C19H24BrClN6O2/c1-10-16(20)12(3)26(23-10)8-6-7-22-19(28)18-15(14(5)29-25-18)9-27-13(4)17(21)11(2)24-27/h6-9H2,1-5H3,(H,22,28). The SMILES string of the molecule is Cc1nn(Cc2c(C(=O)NCCCn3nc(C)c(Br)c3C)noc2C)c(C)c1Cl. The van der Waals surface area contributed by atoms with Gasteiger partial charge in [0.1, 0.15) is 5.76 Å². The molecular formula is C19H24BrClN6O2. The molecule has 8 nitrogen and oxygen atoms in total. The Hall–Kier alpha value is -2.13. The van der Waals surface area contributed by atoms with Gasteiger partial charge in [0.15, 0.2) is 5.69 Å². The Morgan fingerprint density at radius 2 is 1.79 bits per heavy atom. The highest BCUT2D eigenvalue weighted by atomic mass is 79.9. The van der Waals surface area contributed by atoms with Gasteiger partial charge < -0.3 is 9.84 Å². The third-order valence-electron chi connectivity index (χ3n) is 4.93. The lowest BCUT2D eigenvalue weighted by Crippen LogP contribution is -2.27. The fraction of sp³-hybridized carbons (Fsp3) is 0.474. The lowest BCUT2D eigenvalue weighted by atomic mass is 10.2. The summed E-state index contributed by atoms with van der Waals surface area (Å²) in [5, 5.41) is 16.4. The van der Waals surface area contributed by atoms with Crippen LogP contribution in [0, 0.1) is 34.6 Å². The van der Waals surface area contributed by atoms with Crippen LogP contribution in [0.1, 0.15) is 51.0 Å². The summed E-state index contributed by atoms with van der Waals surface area (Å²) >= 11 is 9.75. The molecule has 0 aliphatic rings. The number of carbonyl (C=O) groups excluding carboxylic acids is 1. The van der Waals surface area contributed by atoms with Gasteiger partial charge >= 0.3 is 0 Å². The van der Waals surface area contributed by atoms with E-state index in [0.29, 0.717) is 36.0 Å². The van der Waals surface area contributed by atoms with Crippen molar-refractivity contribution in [3.8, 4) is 0 Å². The molecule has 0 radical (unpaired) electrons. The molecule has 0 saturated carbocycles. The average Bonchev–Trinajstić information content (AvgIpc) is 3.25. The molecule has 0 spiro atoms. The fourth-order valence-electron chi connectivity index (χ4n) is 3.14. The predicted octanol–water partition coefficient (Wildman–Crippen LogP) is 3.89. The van der Waals surface area contributed by atoms with Crippen LogP contribution in [0.4, 0.5) is 0 Å². The van der Waals surface area contributed by atoms with E-state index in [0.717, 1.165) is 33.7 Å². The van der Waals surface area contributed by atoms with Crippen molar-refractivity contribution in [2.45, 2.75) is 54.1 Å². The number of halogens is 2. The largest absolute Gasteiger partial charge is 0.361 e. The van der Waals surface area contributed by atoms with Gasteiger partial charge in [0.2, 0.25) is 0 Å². The van der Waals surface area contributed by atoms with Gasteiger partial charge in [0, 0.05) is 24.3 Å². The van der Waals surface area contributed by atoms with E-state index in [-0.39, 0.29) is 11.6 Å². The van der Waals surface area contributed by atoms with Gasteiger partial charge in [-0.05, 0) is 57.0 Å². The first-order valence-corrected chi connectivity index (χ1v) is 10.5. The Balaban J connectivity index is 1.62. The van der Waals surface area contributed by atoms with Gasteiger partial charge in [-0.1, -0.05) is 16.8 Å². The highest BCUT2D eigenvalue weighted by Gasteiger charge is 2.21. The first-order valence-electron chi connectivity index (χ1n) is 9.33. The summed E-state index contributed by atoms with van der Waals surface area (Å²) in [7, 11) is 0. The van der Waals surface area contributed by atoms with Gasteiger partial charge in [0.25, 0.3) is 5.91 Å². The fourth-order valence-corrected chi connectivity index (χ4v) is 3.56. The number of aryl methyl sites for hydroxylation is 4. The summed E-state index contributed by atoms with van der Waals surface area (Å²) in [5.74, 6) is 0.324. The second kappa shape index (κ2) is 8.71. The Bertz CT molecular complexity index is 1050. The quantitative estimate of drug-likeness (QED) is 0.515. The van der Waals surface area contributed by atoms with Gasteiger partial charge in [-0.3, -0.25) is 14.2 Å². The molecule has 29 heavy (non-hydrogen) atoms. The zero-order valence-corrected chi connectivity index (χ0v) is 19.5. The monoisotopic (exact) mass is 482 g/mol. The highest BCUT2D eigenvalue weighted by Crippen LogP contribution is 2.22. The maximum absolute atomic E-state index is 12.6. The zero-order valence-electron chi connectivity index (χ0n) is 17.1. The van der Waals surface area contributed by atoms with E-state index in [1.54, 1.807) is 11.6 Å². The summed E-state index contributed by atoms with van der Waals surface area (Å²) in [4.78, 5) is 12.6. The molecule has 1 amide bonds. The Kier molecular flexibility index (Phi) is 6.48. The van der Waals surface area contributed by atoms with E-state index in [1.165, 1.54) is 0 Å². The van der Waals surface area contributed by atoms with Crippen LogP contribution in [0.2, 0.25) is 5.02 Å². The topological polar surface area (TPSA) is 90.8 Å². The highest BCUT2D eigenvalue weighted by molar-refractivity contribution is 9.10. The Labute approximate surface area is 182 Å². The molecular weight excluding hydrogens is 460 g/mol. The van der Waals surface area contributed by atoms with Gasteiger partial charge in [-0.15, -0.1) is 0 Å². The molecule has 0 aromatic carbocycles. The molecule has 0 aliphatic heterocycles. The van der Waals surface area contributed by atoms with Crippen molar-refractivity contribution in [3.05, 3.63) is 49.3 Å². The van der Waals surface area contributed by atoms with Crippen molar-refractivity contribution in [1.29, 1.82) is 0 Å². The van der Waals surface area contributed by atoms with Crippen molar-refractivity contribution >= 4 is 33.4 Å². The molecule has 0 unspecified atom stereocenters. The minimum atomic E-state index is -0.265. The van der Waals surface area contributed by atoms with E-state index in [1.807, 2.05) is 32.4 Å². The smallest absolute Gasteiger partial charge is 0.273 e. The van der Waals surface area contributed by atoms with Crippen LogP contribution >= 0.6 is 27.5 Å². The van der Waals surface area contributed by atoms with Crippen LogP contribution in [-0.4, -0.2) is 37.2 Å². The lowest BCUT2D eigenvalue weighted by molar-refractivity contribution is 0.0942. The molecule has 0 fully saturated rings. The number of hydrogen-bond donors (Lipinski definition) is 1. The van der Waals surface area contributed by atoms with E-state index in [4.69, 9.17) is 16.1 Å². The van der Waals surface area contributed by atoms with E-state index < -0.39 is 0 Å². The van der Waals surface area contributed by atoms with Gasteiger partial charge in [0.05, 0.1) is 33.1 Å². The lowest BCUT2D eigenvalue weighted by Gasteiger charge is -2.08. The summed E-state index contributed by atoms with van der Waals surface area (Å²) in [5.41, 5.74) is 4.60. The van der Waals surface area contributed by atoms with E-state index >= 15 is 0 Å². The average molecular weight is 484 g/mol. The third-order valence-corrected chi connectivity index (χ3v) is 6.62. The minimum absolute atomic E-state index is 0.265. The number of rotatable bonds is 7. The van der Waals surface area contributed by atoms with Crippen molar-refractivity contribution in [2.75, 3.05) is 6.54 Å². The number of nitrogens with one attached hydrogen (secondary N) is 1. The first-order chi connectivity index (χ1) is 13.7. The summed E-state index contributed by atoms with van der Waals surface area (Å²) in [6.45, 7) is 11.1. The summed E-state index contributed by atoms with van der Waals surface area (Å²) in [6.07, 6.45) is 0.749. The second-order valence-electron chi connectivity index (χ2n) is 7.03. The normalized spacial score (nSPS) is 11.3. The number of aromatic nitrogens is 5. The molecule has 3 heterocycles. The molecule has 0 bridgehead atoms. The molecule has 0 saturated heterocycles. The number of hydrogen-bond acceptors (Lipinski definition) is 5. The predicted molar refractivity (Wildman–Crippen MR) is 113 cm³/mol. The minimum Gasteiger partial charge on any atom is -0.361 e. The van der Waals surface area contributed by atoms with Crippen LogP contribution in [0.15, 0.2) is 9.00 Å². The maximum Gasteiger partial charge on any atom is 0.273 e. The molecule has 1 N–H and O–H groups in total. The summed E-state index contributed by atoms with van der Waals surface area (Å²) < 4.78 is 9.98. The first kappa shape index (κ1) is 21.6. The third kappa shape index (κ3) is 4.40.